The first kappa shape index (κ1) is 9.28. The van der Waals surface area contributed by atoms with Gasteiger partial charge in [-0.15, -0.1) is 0 Å². The molecule has 0 aliphatic carbocycles. The van der Waals surface area contributed by atoms with E-state index in [1.165, 1.54) is 5.57 Å². The molecular weight excluding hydrogens is 122 g/mol. The van der Waals surface area contributed by atoms with E-state index in [4.69, 9.17) is 5.73 Å². The molecule has 0 atom stereocenters. The molecule has 0 saturated heterocycles. The van der Waals surface area contributed by atoms with Gasteiger partial charge in [-0.3, -0.25) is 0 Å². The molecule has 1 heteroatoms. The van der Waals surface area contributed by atoms with Crippen LogP contribution in [0.1, 0.15) is 33.6 Å². The summed E-state index contributed by atoms with van der Waals surface area (Å²) in [7, 11) is 0. The van der Waals surface area contributed by atoms with Gasteiger partial charge in [-0.05, 0) is 25.8 Å². The minimum atomic E-state index is 0.921. The minimum absolute atomic E-state index is 0.921. The molecule has 0 heterocycles. The summed E-state index contributed by atoms with van der Waals surface area (Å²) < 4.78 is 0. The first-order chi connectivity index (χ1) is 4.72. The molecular formula is C9H17N. The van der Waals surface area contributed by atoms with Crippen molar-refractivity contribution < 1.29 is 0 Å². The van der Waals surface area contributed by atoms with E-state index in [0.29, 0.717) is 0 Å². The monoisotopic (exact) mass is 139 g/mol. The SMILES string of the molecule is CC/C=C\C(N)=C(/C)CC. The predicted molar refractivity (Wildman–Crippen MR) is 46.6 cm³/mol. The Morgan fingerprint density at radius 3 is 2.40 bits per heavy atom. The number of nitrogens with two attached hydrogens (primary N) is 1. The van der Waals surface area contributed by atoms with E-state index in [0.717, 1.165) is 18.5 Å². The van der Waals surface area contributed by atoms with Gasteiger partial charge in [0.05, 0.1) is 0 Å². The van der Waals surface area contributed by atoms with Gasteiger partial charge in [0.15, 0.2) is 0 Å². The fraction of sp³-hybridized carbons (Fsp3) is 0.556. The third-order valence-corrected chi connectivity index (χ3v) is 1.56. The van der Waals surface area contributed by atoms with Gasteiger partial charge in [0.2, 0.25) is 0 Å². The van der Waals surface area contributed by atoms with Crippen LogP contribution in [0.5, 0.6) is 0 Å². The van der Waals surface area contributed by atoms with E-state index in [2.05, 4.69) is 26.8 Å². The summed E-state index contributed by atoms with van der Waals surface area (Å²) in [6.07, 6.45) is 6.16. The Balaban J connectivity index is 4.04. The molecule has 0 amide bonds. The fourth-order valence-corrected chi connectivity index (χ4v) is 0.591. The standard InChI is InChI=1S/C9H17N/c1-4-6-7-9(10)8(3)5-2/h6-7H,4-5,10H2,1-3H3/b7-6-,9-8-. The van der Waals surface area contributed by atoms with E-state index in [9.17, 15) is 0 Å². The Bertz CT molecular complexity index is 143. The van der Waals surface area contributed by atoms with Crippen LogP contribution in [-0.4, -0.2) is 0 Å². The van der Waals surface area contributed by atoms with Gasteiger partial charge in [-0.25, -0.2) is 0 Å². The Hall–Kier alpha value is -0.720. The van der Waals surface area contributed by atoms with Crippen molar-refractivity contribution in [2.24, 2.45) is 5.73 Å². The lowest BCUT2D eigenvalue weighted by Gasteiger charge is -1.97. The maximum absolute atomic E-state index is 5.71. The summed E-state index contributed by atoms with van der Waals surface area (Å²) in [5.74, 6) is 0. The molecule has 0 unspecified atom stereocenters. The van der Waals surface area contributed by atoms with Gasteiger partial charge in [-0.2, -0.15) is 0 Å². The van der Waals surface area contributed by atoms with E-state index in [1.54, 1.807) is 0 Å². The molecule has 0 saturated carbocycles. The molecule has 0 rings (SSSR count). The number of hydrogen-bond donors (Lipinski definition) is 1. The Morgan fingerprint density at radius 1 is 1.40 bits per heavy atom. The molecule has 0 aliphatic rings. The number of hydrogen-bond acceptors (Lipinski definition) is 1. The number of rotatable bonds is 3. The van der Waals surface area contributed by atoms with Gasteiger partial charge in [0, 0.05) is 5.70 Å². The van der Waals surface area contributed by atoms with Gasteiger partial charge >= 0.3 is 0 Å². The van der Waals surface area contributed by atoms with Gasteiger partial charge < -0.3 is 5.73 Å². The molecule has 0 spiro atoms. The zero-order valence-electron chi connectivity index (χ0n) is 7.15. The van der Waals surface area contributed by atoms with Crippen LogP contribution in [0.15, 0.2) is 23.4 Å². The number of allylic oxidation sites excluding steroid dienone is 3. The first-order valence-corrected chi connectivity index (χ1v) is 3.84. The predicted octanol–water partition coefficient (Wildman–Crippen LogP) is 2.60. The lowest BCUT2D eigenvalue weighted by Crippen LogP contribution is -1.96. The van der Waals surface area contributed by atoms with E-state index < -0.39 is 0 Å². The molecule has 0 aromatic heterocycles. The summed E-state index contributed by atoms with van der Waals surface area (Å²) in [4.78, 5) is 0. The second-order valence-electron chi connectivity index (χ2n) is 2.40. The normalized spacial score (nSPS) is 13.9. The zero-order chi connectivity index (χ0) is 7.98. The second kappa shape index (κ2) is 5.10. The van der Waals surface area contributed by atoms with Crippen molar-refractivity contribution in [2.45, 2.75) is 33.6 Å². The lowest BCUT2D eigenvalue weighted by molar-refractivity contribution is 1.06. The van der Waals surface area contributed by atoms with Gasteiger partial charge in [0.1, 0.15) is 0 Å². The smallest absolute Gasteiger partial charge is 0.0299 e. The van der Waals surface area contributed by atoms with E-state index in [-0.39, 0.29) is 0 Å². The summed E-state index contributed by atoms with van der Waals surface area (Å²) >= 11 is 0. The highest BCUT2D eigenvalue weighted by Crippen LogP contribution is 2.03. The Labute approximate surface area is 63.6 Å². The molecule has 58 valence electrons. The van der Waals surface area contributed by atoms with Crippen molar-refractivity contribution in [1.29, 1.82) is 0 Å². The summed E-state index contributed by atoms with van der Waals surface area (Å²) in [6, 6.07) is 0. The van der Waals surface area contributed by atoms with Gasteiger partial charge in [-0.1, -0.05) is 25.5 Å². The summed E-state index contributed by atoms with van der Waals surface area (Å²) in [5, 5.41) is 0. The van der Waals surface area contributed by atoms with Crippen LogP contribution in [0, 0.1) is 0 Å². The second-order valence-corrected chi connectivity index (χ2v) is 2.40. The minimum Gasteiger partial charge on any atom is -0.399 e. The summed E-state index contributed by atoms with van der Waals surface area (Å²) in [6.45, 7) is 6.28. The average molecular weight is 139 g/mol. The summed E-state index contributed by atoms with van der Waals surface area (Å²) in [5.41, 5.74) is 7.90. The van der Waals surface area contributed by atoms with Crippen LogP contribution >= 0.6 is 0 Å². The van der Waals surface area contributed by atoms with Crippen molar-refractivity contribution in [2.75, 3.05) is 0 Å². The third kappa shape index (κ3) is 3.33. The lowest BCUT2D eigenvalue weighted by atomic mass is 10.2. The van der Waals surface area contributed by atoms with Crippen LogP contribution in [0.3, 0.4) is 0 Å². The largest absolute Gasteiger partial charge is 0.399 e. The van der Waals surface area contributed by atoms with Gasteiger partial charge in [0.25, 0.3) is 0 Å². The Kier molecular flexibility index (Phi) is 4.73. The fourth-order valence-electron chi connectivity index (χ4n) is 0.591. The molecule has 0 fully saturated rings. The molecule has 0 aliphatic heterocycles. The molecule has 0 bridgehead atoms. The average Bonchev–Trinajstić information content (AvgIpc) is 1.98. The van der Waals surface area contributed by atoms with E-state index in [1.807, 2.05) is 6.08 Å². The quantitative estimate of drug-likeness (QED) is 0.597. The first-order valence-electron chi connectivity index (χ1n) is 3.84. The van der Waals surface area contributed by atoms with Crippen molar-refractivity contribution >= 4 is 0 Å². The molecule has 1 nitrogen and oxygen atoms in total. The molecule has 10 heavy (non-hydrogen) atoms. The van der Waals surface area contributed by atoms with E-state index >= 15 is 0 Å². The molecule has 2 N–H and O–H groups in total. The Morgan fingerprint density at radius 2 is 2.00 bits per heavy atom. The molecule has 0 radical (unpaired) electrons. The highest BCUT2D eigenvalue weighted by Gasteiger charge is 1.88. The van der Waals surface area contributed by atoms with Crippen LogP contribution in [-0.2, 0) is 0 Å². The third-order valence-electron chi connectivity index (χ3n) is 1.56. The zero-order valence-corrected chi connectivity index (χ0v) is 7.15. The highest BCUT2D eigenvalue weighted by atomic mass is 14.6. The van der Waals surface area contributed by atoms with Crippen LogP contribution in [0.25, 0.3) is 0 Å². The van der Waals surface area contributed by atoms with Crippen LogP contribution < -0.4 is 5.73 Å². The molecule has 0 aromatic carbocycles. The molecule has 0 aromatic rings. The van der Waals surface area contributed by atoms with Crippen molar-refractivity contribution in [1.82, 2.24) is 0 Å². The highest BCUT2D eigenvalue weighted by molar-refractivity contribution is 5.20. The maximum atomic E-state index is 5.71. The van der Waals surface area contributed by atoms with Crippen LogP contribution in [0.2, 0.25) is 0 Å². The van der Waals surface area contributed by atoms with Crippen molar-refractivity contribution in [3.05, 3.63) is 23.4 Å². The maximum Gasteiger partial charge on any atom is 0.0299 e. The van der Waals surface area contributed by atoms with Crippen molar-refractivity contribution in [3.63, 3.8) is 0 Å². The van der Waals surface area contributed by atoms with Crippen LogP contribution in [0.4, 0.5) is 0 Å². The van der Waals surface area contributed by atoms with Crippen molar-refractivity contribution in [3.8, 4) is 0 Å². The topological polar surface area (TPSA) is 26.0 Å².